The van der Waals surface area contributed by atoms with Crippen molar-refractivity contribution in [3.8, 4) is 0 Å². The molecule has 1 nitrogen and oxygen atoms in total. The first kappa shape index (κ1) is 5.93. The van der Waals surface area contributed by atoms with Crippen LogP contribution in [0.3, 0.4) is 0 Å². The van der Waals surface area contributed by atoms with Crippen LogP contribution in [0.2, 0.25) is 0 Å². The molecule has 0 fully saturated rings. The highest BCUT2D eigenvalue weighted by Crippen LogP contribution is 2.28. The molecule has 0 saturated carbocycles. The molecule has 10 heavy (non-hydrogen) atoms. The van der Waals surface area contributed by atoms with Crippen molar-refractivity contribution in [3.63, 3.8) is 0 Å². The first-order valence-electron chi connectivity index (χ1n) is 3.57. The van der Waals surface area contributed by atoms with E-state index < -0.39 is 0 Å². The van der Waals surface area contributed by atoms with Gasteiger partial charge in [0.2, 0.25) is 0 Å². The topological polar surface area (TPSA) is 9.23 Å². The molecular formula is C9H10O. The fourth-order valence-corrected chi connectivity index (χ4v) is 1.37. The van der Waals surface area contributed by atoms with Crippen LogP contribution >= 0.6 is 0 Å². The van der Waals surface area contributed by atoms with Crippen molar-refractivity contribution in [3.05, 3.63) is 35.4 Å². The smallest absolute Gasteiger partial charge is 0.0804 e. The van der Waals surface area contributed by atoms with Crippen molar-refractivity contribution >= 4 is 0 Å². The van der Waals surface area contributed by atoms with Gasteiger partial charge in [-0.3, -0.25) is 0 Å². The van der Waals surface area contributed by atoms with Crippen molar-refractivity contribution in [2.24, 2.45) is 0 Å². The Morgan fingerprint density at radius 3 is 3.00 bits per heavy atom. The SMILES string of the molecule is C[C@H]1OCc2ccccc21. The summed E-state index contributed by atoms with van der Waals surface area (Å²) < 4.78 is 5.42. The molecule has 1 aliphatic heterocycles. The quantitative estimate of drug-likeness (QED) is 0.529. The number of hydrogen-bond donors (Lipinski definition) is 0. The first-order chi connectivity index (χ1) is 4.88. The maximum absolute atomic E-state index is 5.42. The lowest BCUT2D eigenvalue weighted by Crippen LogP contribution is -1.85. The minimum atomic E-state index is 0.302. The summed E-state index contributed by atoms with van der Waals surface area (Å²) in [7, 11) is 0. The maximum Gasteiger partial charge on any atom is 0.0804 e. The zero-order valence-electron chi connectivity index (χ0n) is 6.00. The predicted molar refractivity (Wildman–Crippen MR) is 39.6 cm³/mol. The summed E-state index contributed by atoms with van der Waals surface area (Å²) in [5, 5.41) is 0. The second-order valence-electron chi connectivity index (χ2n) is 2.65. The van der Waals surface area contributed by atoms with Gasteiger partial charge in [-0.1, -0.05) is 24.3 Å². The monoisotopic (exact) mass is 134 g/mol. The van der Waals surface area contributed by atoms with Crippen LogP contribution in [-0.2, 0) is 11.3 Å². The molecule has 0 aromatic heterocycles. The molecule has 1 aromatic carbocycles. The van der Waals surface area contributed by atoms with E-state index in [9.17, 15) is 0 Å². The minimum absolute atomic E-state index is 0.302. The molecule has 0 N–H and O–H groups in total. The number of benzene rings is 1. The van der Waals surface area contributed by atoms with Crippen LogP contribution < -0.4 is 0 Å². The summed E-state index contributed by atoms with van der Waals surface area (Å²) in [6, 6.07) is 8.37. The zero-order chi connectivity index (χ0) is 6.97. The van der Waals surface area contributed by atoms with Gasteiger partial charge in [0, 0.05) is 0 Å². The summed E-state index contributed by atoms with van der Waals surface area (Å²) in [6.45, 7) is 2.88. The summed E-state index contributed by atoms with van der Waals surface area (Å²) in [5.41, 5.74) is 2.69. The predicted octanol–water partition coefficient (Wildman–Crippen LogP) is 2.28. The fraction of sp³-hybridized carbons (Fsp3) is 0.333. The lowest BCUT2D eigenvalue weighted by molar-refractivity contribution is 0.0796. The number of rotatable bonds is 0. The largest absolute Gasteiger partial charge is 0.369 e. The van der Waals surface area contributed by atoms with Crippen LogP contribution in [-0.4, -0.2) is 0 Å². The van der Waals surface area contributed by atoms with Crippen LogP contribution in [0, 0.1) is 0 Å². The molecule has 0 amide bonds. The van der Waals surface area contributed by atoms with E-state index in [1.807, 2.05) is 0 Å². The molecule has 0 saturated heterocycles. The van der Waals surface area contributed by atoms with Gasteiger partial charge < -0.3 is 4.74 Å². The molecule has 1 heteroatoms. The molecule has 1 atom stereocenters. The molecule has 0 radical (unpaired) electrons. The molecule has 0 unspecified atom stereocenters. The van der Waals surface area contributed by atoms with Gasteiger partial charge in [-0.25, -0.2) is 0 Å². The van der Waals surface area contributed by atoms with Crippen molar-refractivity contribution in [1.29, 1.82) is 0 Å². The van der Waals surface area contributed by atoms with Crippen LogP contribution in [0.5, 0.6) is 0 Å². The number of fused-ring (bicyclic) bond motifs is 1. The lowest BCUT2D eigenvalue weighted by Gasteiger charge is -2.00. The normalized spacial score (nSPS) is 22.7. The second kappa shape index (κ2) is 2.10. The Bertz CT molecular complexity index is 242. The van der Waals surface area contributed by atoms with Gasteiger partial charge >= 0.3 is 0 Å². The van der Waals surface area contributed by atoms with E-state index in [-0.39, 0.29) is 0 Å². The van der Waals surface area contributed by atoms with Gasteiger partial charge in [0.1, 0.15) is 0 Å². The molecule has 52 valence electrons. The van der Waals surface area contributed by atoms with Crippen LogP contribution in [0.25, 0.3) is 0 Å². The van der Waals surface area contributed by atoms with Gasteiger partial charge in [-0.15, -0.1) is 0 Å². The van der Waals surface area contributed by atoms with Crippen molar-refractivity contribution < 1.29 is 4.74 Å². The highest BCUT2D eigenvalue weighted by Gasteiger charge is 2.16. The molecular weight excluding hydrogens is 124 g/mol. The summed E-state index contributed by atoms with van der Waals surface area (Å²) in [5.74, 6) is 0. The van der Waals surface area contributed by atoms with Gasteiger partial charge in [-0.05, 0) is 18.1 Å². The van der Waals surface area contributed by atoms with Crippen LogP contribution in [0.4, 0.5) is 0 Å². The van der Waals surface area contributed by atoms with Gasteiger partial charge in [0.05, 0.1) is 12.7 Å². The highest BCUT2D eigenvalue weighted by molar-refractivity contribution is 5.30. The maximum atomic E-state index is 5.42. The van der Waals surface area contributed by atoms with Crippen LogP contribution in [0.15, 0.2) is 24.3 Å². The first-order valence-corrected chi connectivity index (χ1v) is 3.57. The Balaban J connectivity index is 2.51. The van der Waals surface area contributed by atoms with E-state index in [1.165, 1.54) is 11.1 Å². The average Bonchev–Trinajstić information content (AvgIpc) is 2.34. The minimum Gasteiger partial charge on any atom is -0.369 e. The molecule has 2 rings (SSSR count). The van der Waals surface area contributed by atoms with Gasteiger partial charge in [-0.2, -0.15) is 0 Å². The van der Waals surface area contributed by atoms with Crippen molar-refractivity contribution in [1.82, 2.24) is 0 Å². The van der Waals surface area contributed by atoms with E-state index >= 15 is 0 Å². The number of hydrogen-bond acceptors (Lipinski definition) is 1. The van der Waals surface area contributed by atoms with Crippen LogP contribution in [0.1, 0.15) is 24.2 Å². The van der Waals surface area contributed by atoms with E-state index in [0.717, 1.165) is 6.61 Å². The second-order valence-corrected chi connectivity index (χ2v) is 2.65. The molecule has 0 aliphatic carbocycles. The summed E-state index contributed by atoms with van der Waals surface area (Å²) >= 11 is 0. The average molecular weight is 134 g/mol. The third-order valence-electron chi connectivity index (χ3n) is 1.98. The Morgan fingerprint density at radius 1 is 1.40 bits per heavy atom. The summed E-state index contributed by atoms with van der Waals surface area (Å²) in [6.07, 6.45) is 0.302. The Kier molecular flexibility index (Phi) is 1.24. The Morgan fingerprint density at radius 2 is 2.20 bits per heavy atom. The number of ether oxygens (including phenoxy) is 1. The Hall–Kier alpha value is -0.820. The van der Waals surface area contributed by atoms with E-state index in [0.29, 0.717) is 6.10 Å². The molecule has 0 spiro atoms. The van der Waals surface area contributed by atoms with E-state index in [1.54, 1.807) is 0 Å². The highest BCUT2D eigenvalue weighted by atomic mass is 16.5. The standard InChI is InChI=1S/C9H10O/c1-7-9-5-3-2-4-8(9)6-10-7/h2-5,7H,6H2,1H3/t7-/m1/s1. The van der Waals surface area contributed by atoms with Gasteiger partial charge in [0.15, 0.2) is 0 Å². The van der Waals surface area contributed by atoms with E-state index in [2.05, 4.69) is 31.2 Å². The molecule has 0 bridgehead atoms. The summed E-state index contributed by atoms with van der Waals surface area (Å²) in [4.78, 5) is 0. The third kappa shape index (κ3) is 0.745. The lowest BCUT2D eigenvalue weighted by atomic mass is 10.1. The molecule has 1 aliphatic rings. The van der Waals surface area contributed by atoms with Crippen molar-refractivity contribution in [2.45, 2.75) is 19.6 Å². The fourth-order valence-electron chi connectivity index (χ4n) is 1.37. The van der Waals surface area contributed by atoms with Gasteiger partial charge in [0.25, 0.3) is 0 Å². The third-order valence-corrected chi connectivity index (χ3v) is 1.98. The Labute approximate surface area is 60.6 Å². The molecule has 1 heterocycles. The zero-order valence-corrected chi connectivity index (χ0v) is 6.00. The van der Waals surface area contributed by atoms with E-state index in [4.69, 9.17) is 4.74 Å². The molecule has 1 aromatic rings. The van der Waals surface area contributed by atoms with Crippen molar-refractivity contribution in [2.75, 3.05) is 0 Å².